The second-order valence-corrected chi connectivity index (χ2v) is 7.08. The third-order valence-electron chi connectivity index (χ3n) is 4.78. The SMILES string of the molecule is CCCCCCCc1c(O)cc2c(c1C=O)OC(C)(C)[C@@H](O)[C@@H]2O. The molecule has 1 aromatic carbocycles. The topological polar surface area (TPSA) is 87.0 Å². The van der Waals surface area contributed by atoms with Crippen LogP contribution in [-0.4, -0.2) is 33.3 Å². The molecule has 3 N–H and O–H groups in total. The van der Waals surface area contributed by atoms with E-state index in [2.05, 4.69) is 6.92 Å². The van der Waals surface area contributed by atoms with Crippen molar-refractivity contribution < 1.29 is 24.9 Å². The van der Waals surface area contributed by atoms with Crippen LogP contribution in [0.15, 0.2) is 6.07 Å². The Morgan fingerprint density at radius 3 is 2.50 bits per heavy atom. The third-order valence-corrected chi connectivity index (χ3v) is 4.78. The van der Waals surface area contributed by atoms with E-state index in [0.29, 0.717) is 18.3 Å². The number of aliphatic hydroxyl groups is 2. The van der Waals surface area contributed by atoms with Crippen LogP contribution in [0.3, 0.4) is 0 Å². The molecule has 0 bridgehead atoms. The van der Waals surface area contributed by atoms with Crippen LogP contribution in [0.2, 0.25) is 0 Å². The van der Waals surface area contributed by atoms with Crippen LogP contribution in [0.5, 0.6) is 11.5 Å². The number of aliphatic hydroxyl groups excluding tert-OH is 2. The summed E-state index contributed by atoms with van der Waals surface area (Å²) in [6.45, 7) is 5.48. The molecule has 1 aliphatic heterocycles. The zero-order chi connectivity index (χ0) is 17.9. The number of aromatic hydroxyl groups is 1. The number of phenolic OH excluding ortho intramolecular Hbond substituents is 1. The van der Waals surface area contributed by atoms with Crippen molar-refractivity contribution in [2.45, 2.75) is 77.1 Å². The van der Waals surface area contributed by atoms with Gasteiger partial charge in [0.2, 0.25) is 0 Å². The molecule has 0 aliphatic carbocycles. The summed E-state index contributed by atoms with van der Waals surface area (Å²) in [5, 5.41) is 30.8. The fourth-order valence-electron chi connectivity index (χ4n) is 3.23. The second kappa shape index (κ2) is 7.53. The van der Waals surface area contributed by atoms with Gasteiger partial charge in [0.15, 0.2) is 6.29 Å². The van der Waals surface area contributed by atoms with E-state index >= 15 is 0 Å². The number of carbonyl (C=O) groups is 1. The summed E-state index contributed by atoms with van der Waals surface area (Å²) in [7, 11) is 0. The maximum Gasteiger partial charge on any atom is 0.154 e. The number of benzene rings is 1. The number of hydrogen-bond acceptors (Lipinski definition) is 5. The molecular weight excluding hydrogens is 308 g/mol. The molecule has 1 aliphatic rings. The Labute approximate surface area is 143 Å². The zero-order valence-corrected chi connectivity index (χ0v) is 14.7. The summed E-state index contributed by atoms with van der Waals surface area (Å²) in [6, 6.07) is 1.41. The van der Waals surface area contributed by atoms with E-state index in [4.69, 9.17) is 4.74 Å². The van der Waals surface area contributed by atoms with Gasteiger partial charge in [-0.15, -0.1) is 0 Å². The smallest absolute Gasteiger partial charge is 0.154 e. The third kappa shape index (κ3) is 3.57. The Morgan fingerprint density at radius 1 is 1.21 bits per heavy atom. The molecule has 134 valence electrons. The Bertz CT molecular complexity index is 594. The highest BCUT2D eigenvalue weighted by Crippen LogP contribution is 2.45. The summed E-state index contributed by atoms with van der Waals surface area (Å²) in [6.07, 6.45) is 4.30. The van der Waals surface area contributed by atoms with E-state index in [1.165, 1.54) is 12.5 Å². The van der Waals surface area contributed by atoms with Gasteiger partial charge in [-0.3, -0.25) is 4.79 Å². The molecule has 5 heteroatoms. The number of fused-ring (bicyclic) bond motifs is 1. The summed E-state index contributed by atoms with van der Waals surface area (Å²) < 4.78 is 5.81. The van der Waals surface area contributed by atoms with Crippen molar-refractivity contribution in [3.05, 3.63) is 22.8 Å². The molecule has 0 unspecified atom stereocenters. The maximum atomic E-state index is 11.7. The summed E-state index contributed by atoms with van der Waals surface area (Å²) in [5.41, 5.74) is 0.0785. The highest BCUT2D eigenvalue weighted by molar-refractivity contribution is 5.84. The van der Waals surface area contributed by atoms with Crippen molar-refractivity contribution in [3.8, 4) is 11.5 Å². The minimum atomic E-state index is -1.20. The monoisotopic (exact) mass is 336 g/mol. The molecule has 0 radical (unpaired) electrons. The van der Waals surface area contributed by atoms with E-state index in [-0.39, 0.29) is 22.6 Å². The van der Waals surface area contributed by atoms with Crippen LogP contribution in [0, 0.1) is 0 Å². The molecule has 2 rings (SSSR count). The van der Waals surface area contributed by atoms with E-state index in [1.807, 2.05) is 0 Å². The molecule has 24 heavy (non-hydrogen) atoms. The van der Waals surface area contributed by atoms with Gasteiger partial charge in [0.25, 0.3) is 0 Å². The average Bonchev–Trinajstić information content (AvgIpc) is 2.54. The molecular formula is C19H28O5. The van der Waals surface area contributed by atoms with Gasteiger partial charge in [0.05, 0.1) is 5.56 Å². The number of phenols is 1. The van der Waals surface area contributed by atoms with Crippen molar-refractivity contribution >= 4 is 6.29 Å². The molecule has 0 spiro atoms. The van der Waals surface area contributed by atoms with Gasteiger partial charge >= 0.3 is 0 Å². The van der Waals surface area contributed by atoms with Gasteiger partial charge in [-0.05, 0) is 32.8 Å². The second-order valence-electron chi connectivity index (χ2n) is 7.08. The first-order valence-corrected chi connectivity index (χ1v) is 8.72. The van der Waals surface area contributed by atoms with Crippen LogP contribution in [0.4, 0.5) is 0 Å². The van der Waals surface area contributed by atoms with Gasteiger partial charge in [-0.2, -0.15) is 0 Å². The number of aldehydes is 1. The lowest BCUT2D eigenvalue weighted by atomic mass is 9.85. The normalized spacial score (nSPS) is 21.9. The minimum absolute atomic E-state index is 0.0269. The first-order valence-electron chi connectivity index (χ1n) is 8.72. The lowest BCUT2D eigenvalue weighted by Gasteiger charge is -2.40. The summed E-state index contributed by atoms with van der Waals surface area (Å²) in [5.74, 6) is 0.245. The predicted molar refractivity (Wildman–Crippen MR) is 91.6 cm³/mol. The first kappa shape index (κ1) is 18.7. The van der Waals surface area contributed by atoms with Gasteiger partial charge in [0.1, 0.15) is 29.3 Å². The lowest BCUT2D eigenvalue weighted by Crippen LogP contribution is -2.49. The highest BCUT2D eigenvalue weighted by Gasteiger charge is 2.43. The largest absolute Gasteiger partial charge is 0.508 e. The van der Waals surface area contributed by atoms with Crippen LogP contribution < -0.4 is 4.74 Å². The quantitative estimate of drug-likeness (QED) is 0.525. The van der Waals surface area contributed by atoms with Crippen molar-refractivity contribution in [2.75, 3.05) is 0 Å². The Morgan fingerprint density at radius 2 is 1.88 bits per heavy atom. The van der Waals surface area contributed by atoms with E-state index in [0.717, 1.165) is 25.7 Å². The van der Waals surface area contributed by atoms with Crippen LogP contribution in [-0.2, 0) is 6.42 Å². The molecule has 2 atom stereocenters. The molecule has 1 heterocycles. The van der Waals surface area contributed by atoms with Gasteiger partial charge in [0, 0.05) is 11.1 Å². The average molecular weight is 336 g/mol. The Balaban J connectivity index is 2.33. The van der Waals surface area contributed by atoms with Crippen LogP contribution in [0.1, 0.15) is 80.5 Å². The van der Waals surface area contributed by atoms with Gasteiger partial charge in [-0.1, -0.05) is 32.6 Å². The summed E-state index contributed by atoms with van der Waals surface area (Å²) >= 11 is 0. The fraction of sp³-hybridized carbons (Fsp3) is 0.632. The molecule has 0 amide bonds. The molecule has 0 saturated heterocycles. The zero-order valence-electron chi connectivity index (χ0n) is 14.7. The molecule has 0 fully saturated rings. The fourth-order valence-corrected chi connectivity index (χ4v) is 3.23. The first-order chi connectivity index (χ1) is 11.3. The Hall–Kier alpha value is -1.59. The van der Waals surface area contributed by atoms with Crippen LogP contribution in [0.25, 0.3) is 0 Å². The summed E-state index contributed by atoms with van der Waals surface area (Å²) in [4.78, 5) is 11.7. The number of carbonyl (C=O) groups excluding carboxylic acids is 1. The van der Waals surface area contributed by atoms with Crippen molar-refractivity contribution in [3.63, 3.8) is 0 Å². The highest BCUT2D eigenvalue weighted by atomic mass is 16.5. The van der Waals surface area contributed by atoms with Gasteiger partial charge in [-0.25, -0.2) is 0 Å². The number of unbranched alkanes of at least 4 members (excludes halogenated alkanes) is 4. The minimum Gasteiger partial charge on any atom is -0.508 e. The number of rotatable bonds is 7. The van der Waals surface area contributed by atoms with Gasteiger partial charge < -0.3 is 20.1 Å². The maximum absolute atomic E-state index is 11.7. The van der Waals surface area contributed by atoms with Crippen LogP contribution >= 0.6 is 0 Å². The number of hydrogen-bond donors (Lipinski definition) is 3. The lowest BCUT2D eigenvalue weighted by molar-refractivity contribution is -0.112. The molecule has 0 saturated carbocycles. The van der Waals surface area contributed by atoms with E-state index in [9.17, 15) is 20.1 Å². The molecule has 1 aromatic rings. The van der Waals surface area contributed by atoms with E-state index in [1.54, 1.807) is 13.8 Å². The number of ether oxygens (including phenoxy) is 1. The molecule has 0 aromatic heterocycles. The van der Waals surface area contributed by atoms with E-state index < -0.39 is 17.8 Å². The standard InChI is InChI=1S/C19H28O5/c1-4-5-6-7-8-9-12-14(11-20)17-13(10-15(12)21)16(22)18(23)19(2,3)24-17/h10-11,16,18,21-23H,4-9H2,1-3H3/t16-,18+/m1/s1. The van der Waals surface area contributed by atoms with Crippen molar-refractivity contribution in [1.82, 2.24) is 0 Å². The van der Waals surface area contributed by atoms with Crippen molar-refractivity contribution in [1.29, 1.82) is 0 Å². The molecule has 5 nitrogen and oxygen atoms in total. The Kier molecular flexibility index (Phi) is 5.88. The van der Waals surface area contributed by atoms with Crippen molar-refractivity contribution in [2.24, 2.45) is 0 Å². The predicted octanol–water partition coefficient (Wildman–Crippen LogP) is 3.28.